The topological polar surface area (TPSA) is 63.5 Å². The van der Waals surface area contributed by atoms with Crippen LogP contribution < -0.4 is 5.43 Å². The van der Waals surface area contributed by atoms with E-state index in [2.05, 4.69) is 10.5 Å². The Balaban J connectivity index is 1.82. The highest BCUT2D eigenvalue weighted by molar-refractivity contribution is 6.03. The smallest absolute Gasteiger partial charge is 0.271 e. The Hall–Kier alpha value is -3.28. The molecule has 0 bridgehead atoms. The van der Waals surface area contributed by atoms with E-state index in [9.17, 15) is 14.0 Å². The number of fused-ring (bicyclic) bond motifs is 1. The number of carbonyl (C=O) groups is 2. The van der Waals surface area contributed by atoms with Gasteiger partial charge in [0.15, 0.2) is 0 Å². The van der Waals surface area contributed by atoms with E-state index in [4.69, 9.17) is 0 Å². The molecule has 3 rings (SSSR count). The Morgan fingerprint density at radius 2 is 1.83 bits per heavy atom. The quantitative estimate of drug-likeness (QED) is 0.594. The van der Waals surface area contributed by atoms with E-state index in [0.29, 0.717) is 11.1 Å². The summed E-state index contributed by atoms with van der Waals surface area (Å²) >= 11 is 0. The summed E-state index contributed by atoms with van der Waals surface area (Å²) in [5.41, 5.74) is 4.17. The maximum atomic E-state index is 12.8. The molecule has 0 atom stereocenters. The number of carbonyl (C=O) groups excluding carboxylic acids is 2. The predicted molar refractivity (Wildman–Crippen MR) is 89.7 cm³/mol. The molecule has 1 amide bonds. The SMILES string of the molecule is CC(=O)n1cc(C=NNC(=O)c2ccc(F)cc2)c2ccccc21. The predicted octanol–water partition coefficient (Wildman–Crippen LogP) is 3.20. The summed E-state index contributed by atoms with van der Waals surface area (Å²) in [6.45, 7) is 1.48. The summed E-state index contributed by atoms with van der Waals surface area (Å²) in [5, 5.41) is 4.77. The second-order valence-corrected chi connectivity index (χ2v) is 5.20. The number of benzene rings is 2. The average Bonchev–Trinajstić information content (AvgIpc) is 2.95. The van der Waals surface area contributed by atoms with E-state index in [1.807, 2.05) is 24.3 Å². The van der Waals surface area contributed by atoms with Crippen molar-refractivity contribution in [3.8, 4) is 0 Å². The molecule has 3 aromatic rings. The van der Waals surface area contributed by atoms with E-state index >= 15 is 0 Å². The van der Waals surface area contributed by atoms with Crippen molar-refractivity contribution in [1.29, 1.82) is 0 Å². The molecule has 0 aliphatic rings. The average molecular weight is 323 g/mol. The summed E-state index contributed by atoms with van der Waals surface area (Å²) in [6.07, 6.45) is 3.14. The molecule has 6 heteroatoms. The van der Waals surface area contributed by atoms with E-state index in [-0.39, 0.29) is 5.91 Å². The van der Waals surface area contributed by atoms with Gasteiger partial charge >= 0.3 is 0 Å². The lowest BCUT2D eigenvalue weighted by molar-refractivity contribution is 0.0937. The van der Waals surface area contributed by atoms with Gasteiger partial charge < -0.3 is 0 Å². The normalized spacial score (nSPS) is 11.1. The second kappa shape index (κ2) is 6.45. The number of hydrogen-bond donors (Lipinski definition) is 1. The third kappa shape index (κ3) is 3.08. The van der Waals surface area contributed by atoms with Crippen molar-refractivity contribution in [2.24, 2.45) is 5.10 Å². The summed E-state index contributed by atoms with van der Waals surface area (Å²) in [7, 11) is 0. The van der Waals surface area contributed by atoms with E-state index in [0.717, 1.165) is 10.9 Å². The van der Waals surface area contributed by atoms with Crippen LogP contribution in [0.25, 0.3) is 10.9 Å². The van der Waals surface area contributed by atoms with Crippen molar-refractivity contribution >= 4 is 28.9 Å². The summed E-state index contributed by atoms with van der Waals surface area (Å²) in [6, 6.07) is 12.6. The van der Waals surface area contributed by atoms with Crippen LogP contribution in [0.1, 0.15) is 27.6 Å². The molecular weight excluding hydrogens is 309 g/mol. The van der Waals surface area contributed by atoms with Gasteiger partial charge in [-0.3, -0.25) is 14.2 Å². The van der Waals surface area contributed by atoms with Crippen LogP contribution in [-0.4, -0.2) is 22.6 Å². The van der Waals surface area contributed by atoms with Crippen LogP contribution in [0.3, 0.4) is 0 Å². The lowest BCUT2D eigenvalue weighted by atomic mass is 10.2. The van der Waals surface area contributed by atoms with Crippen LogP contribution >= 0.6 is 0 Å². The number of rotatable bonds is 3. The molecule has 1 aromatic heterocycles. The third-order valence-corrected chi connectivity index (χ3v) is 3.56. The number of aromatic nitrogens is 1. The summed E-state index contributed by atoms with van der Waals surface area (Å²) < 4.78 is 14.4. The zero-order valence-electron chi connectivity index (χ0n) is 12.9. The maximum Gasteiger partial charge on any atom is 0.271 e. The minimum atomic E-state index is -0.443. The molecule has 0 saturated heterocycles. The zero-order valence-corrected chi connectivity index (χ0v) is 12.9. The number of halogens is 1. The van der Waals surface area contributed by atoms with Crippen molar-refractivity contribution in [2.75, 3.05) is 0 Å². The minimum absolute atomic E-state index is 0.110. The molecule has 0 fully saturated rings. The first-order chi connectivity index (χ1) is 11.6. The highest BCUT2D eigenvalue weighted by atomic mass is 19.1. The van der Waals surface area contributed by atoms with Gasteiger partial charge in [0, 0.05) is 29.6 Å². The van der Waals surface area contributed by atoms with Crippen LogP contribution in [-0.2, 0) is 0 Å². The maximum absolute atomic E-state index is 12.8. The molecule has 1 N–H and O–H groups in total. The molecular formula is C18H14FN3O2. The largest absolute Gasteiger partial charge is 0.287 e. The number of nitrogens with zero attached hydrogens (tertiary/aromatic N) is 2. The number of para-hydroxylation sites is 1. The van der Waals surface area contributed by atoms with Gasteiger partial charge in [0.05, 0.1) is 11.7 Å². The van der Waals surface area contributed by atoms with Gasteiger partial charge in [-0.25, -0.2) is 9.82 Å². The van der Waals surface area contributed by atoms with Crippen LogP contribution in [0.5, 0.6) is 0 Å². The monoisotopic (exact) mass is 323 g/mol. The van der Waals surface area contributed by atoms with E-state index in [1.54, 1.807) is 6.20 Å². The second-order valence-electron chi connectivity index (χ2n) is 5.20. The van der Waals surface area contributed by atoms with Gasteiger partial charge in [-0.15, -0.1) is 0 Å². The van der Waals surface area contributed by atoms with E-state index < -0.39 is 11.7 Å². The van der Waals surface area contributed by atoms with Gasteiger partial charge in [0.2, 0.25) is 5.91 Å². The van der Waals surface area contributed by atoms with Crippen LogP contribution in [0.2, 0.25) is 0 Å². The first-order valence-corrected chi connectivity index (χ1v) is 7.26. The molecule has 2 aromatic carbocycles. The van der Waals surface area contributed by atoms with Crippen molar-refractivity contribution in [2.45, 2.75) is 6.92 Å². The Bertz CT molecular complexity index is 943. The third-order valence-electron chi connectivity index (χ3n) is 3.56. The first kappa shape index (κ1) is 15.6. The standard InChI is InChI=1S/C18H14FN3O2/c1-12(23)22-11-14(16-4-2-3-5-17(16)22)10-20-21-18(24)13-6-8-15(19)9-7-13/h2-11H,1H3,(H,21,24). The molecule has 5 nitrogen and oxygen atoms in total. The van der Waals surface area contributed by atoms with Crippen LogP contribution in [0.4, 0.5) is 4.39 Å². The Morgan fingerprint density at radius 3 is 2.54 bits per heavy atom. The highest BCUT2D eigenvalue weighted by Gasteiger charge is 2.09. The van der Waals surface area contributed by atoms with Crippen molar-refractivity contribution in [1.82, 2.24) is 9.99 Å². The fraction of sp³-hybridized carbons (Fsp3) is 0.0556. The number of hydrazone groups is 1. The van der Waals surface area contributed by atoms with Gasteiger partial charge in [-0.2, -0.15) is 5.10 Å². The minimum Gasteiger partial charge on any atom is -0.287 e. The number of amides is 1. The van der Waals surface area contributed by atoms with Gasteiger partial charge in [0.1, 0.15) is 5.82 Å². The Labute approximate surface area is 137 Å². The molecule has 1 heterocycles. The molecule has 0 saturated carbocycles. The molecule has 24 heavy (non-hydrogen) atoms. The van der Waals surface area contributed by atoms with Crippen molar-refractivity contribution in [3.63, 3.8) is 0 Å². The number of hydrogen-bond acceptors (Lipinski definition) is 3. The molecule has 0 radical (unpaired) electrons. The molecule has 0 aliphatic carbocycles. The summed E-state index contributed by atoms with van der Waals surface area (Å²) in [4.78, 5) is 23.6. The fourth-order valence-electron chi connectivity index (χ4n) is 2.40. The Morgan fingerprint density at radius 1 is 1.12 bits per heavy atom. The van der Waals surface area contributed by atoms with Gasteiger partial charge in [-0.05, 0) is 30.3 Å². The van der Waals surface area contributed by atoms with Gasteiger partial charge in [0.25, 0.3) is 5.91 Å². The van der Waals surface area contributed by atoms with Crippen molar-refractivity contribution < 1.29 is 14.0 Å². The molecule has 0 spiro atoms. The Kier molecular flexibility index (Phi) is 4.20. The molecule has 120 valence electrons. The zero-order chi connectivity index (χ0) is 17.1. The van der Waals surface area contributed by atoms with Gasteiger partial charge in [-0.1, -0.05) is 18.2 Å². The van der Waals surface area contributed by atoms with Crippen molar-refractivity contribution in [3.05, 3.63) is 71.7 Å². The highest BCUT2D eigenvalue weighted by Crippen LogP contribution is 2.19. The number of nitrogens with one attached hydrogen (secondary N) is 1. The molecule has 0 unspecified atom stereocenters. The van der Waals surface area contributed by atoms with E-state index in [1.165, 1.54) is 42.0 Å². The summed E-state index contributed by atoms with van der Waals surface area (Å²) in [5.74, 6) is -0.963. The first-order valence-electron chi connectivity index (χ1n) is 7.26. The van der Waals surface area contributed by atoms with Crippen LogP contribution in [0, 0.1) is 5.82 Å². The molecule has 0 aliphatic heterocycles. The lowest BCUT2D eigenvalue weighted by Gasteiger charge is -1.99. The van der Waals surface area contributed by atoms with Crippen LogP contribution in [0.15, 0.2) is 59.8 Å². The lowest BCUT2D eigenvalue weighted by Crippen LogP contribution is -2.17. The fourth-order valence-corrected chi connectivity index (χ4v) is 2.40.